The molecule has 0 aliphatic heterocycles. The summed E-state index contributed by atoms with van der Waals surface area (Å²) in [6.45, 7) is 2.15. The molecule has 0 radical (unpaired) electrons. The van der Waals surface area contributed by atoms with Crippen LogP contribution in [0, 0.1) is 12.7 Å². The fourth-order valence-corrected chi connectivity index (χ4v) is 2.89. The highest BCUT2D eigenvalue weighted by atomic mass is 35.5. The lowest BCUT2D eigenvalue weighted by Crippen LogP contribution is -2.10. The van der Waals surface area contributed by atoms with Crippen LogP contribution in [-0.2, 0) is 12.2 Å². The van der Waals surface area contributed by atoms with Crippen LogP contribution in [0.15, 0.2) is 33.9 Å². The summed E-state index contributed by atoms with van der Waals surface area (Å²) in [6, 6.07) is 6.48. The van der Waals surface area contributed by atoms with Gasteiger partial charge in [-0.2, -0.15) is 4.98 Å². The molecule has 2 aromatic heterocycles. The normalized spacial score (nSPS) is 10.6. The van der Waals surface area contributed by atoms with Gasteiger partial charge in [0, 0.05) is 6.42 Å². The van der Waals surface area contributed by atoms with Crippen LogP contribution in [0.4, 0.5) is 4.39 Å². The first-order valence-corrected chi connectivity index (χ1v) is 7.99. The predicted octanol–water partition coefficient (Wildman–Crippen LogP) is 2.31. The molecule has 10 heteroatoms. The lowest BCUT2D eigenvalue weighted by atomic mass is 10.3. The Morgan fingerprint density at radius 1 is 1.29 bits per heavy atom. The highest BCUT2D eigenvalue weighted by Gasteiger charge is 2.17. The molecule has 0 aliphatic rings. The maximum atomic E-state index is 14.2. The van der Waals surface area contributed by atoms with Crippen molar-refractivity contribution < 1.29 is 8.91 Å². The maximum absolute atomic E-state index is 14.2. The zero-order valence-corrected chi connectivity index (χ0v) is 14.5. The van der Waals surface area contributed by atoms with Gasteiger partial charge in [-0.15, -0.1) is 22.6 Å². The minimum Gasteiger partial charge on any atom is -0.338 e. The largest absolute Gasteiger partial charge is 0.338 e. The van der Waals surface area contributed by atoms with Crippen molar-refractivity contribution in [2.45, 2.75) is 24.3 Å². The first-order chi connectivity index (χ1) is 11.2. The van der Waals surface area contributed by atoms with Crippen molar-refractivity contribution in [1.82, 2.24) is 24.9 Å². The number of benzene rings is 1. The molecule has 0 saturated carbocycles. The van der Waals surface area contributed by atoms with Crippen LogP contribution in [0.3, 0.4) is 0 Å². The molecule has 1 aromatic carbocycles. The van der Waals surface area contributed by atoms with Gasteiger partial charge in [0.2, 0.25) is 5.89 Å². The first kappa shape index (κ1) is 18.4. The Labute approximate surface area is 148 Å². The number of halogens is 2. The number of aryl methyl sites for hydroxylation is 1. The molecular formula is C14H16ClFN6OS. The fourth-order valence-electron chi connectivity index (χ4n) is 2.08. The Hall–Kier alpha value is -1.97. The minimum absolute atomic E-state index is 0. The van der Waals surface area contributed by atoms with Gasteiger partial charge in [0.15, 0.2) is 11.0 Å². The second-order valence-electron chi connectivity index (χ2n) is 4.75. The van der Waals surface area contributed by atoms with Crippen LogP contribution in [0.5, 0.6) is 0 Å². The number of nitrogens with two attached hydrogens (primary N) is 1. The van der Waals surface area contributed by atoms with Gasteiger partial charge in [-0.25, -0.2) is 4.39 Å². The molecule has 0 saturated heterocycles. The van der Waals surface area contributed by atoms with E-state index in [1.807, 2.05) is 0 Å². The minimum atomic E-state index is -0.346. The van der Waals surface area contributed by atoms with E-state index in [0.717, 1.165) is 0 Å². The Balaban J connectivity index is 0.00000208. The van der Waals surface area contributed by atoms with Crippen molar-refractivity contribution in [2.75, 3.05) is 6.54 Å². The third-order valence-corrected chi connectivity index (χ3v) is 3.97. The van der Waals surface area contributed by atoms with Crippen LogP contribution in [0.1, 0.15) is 17.5 Å². The third-order valence-electron chi connectivity index (χ3n) is 3.06. The Bertz CT molecular complexity index is 808. The number of thioether (sulfide) groups is 1. The van der Waals surface area contributed by atoms with Gasteiger partial charge in [-0.05, 0) is 25.6 Å². The predicted molar refractivity (Wildman–Crippen MR) is 89.9 cm³/mol. The average molecular weight is 371 g/mol. The topological polar surface area (TPSA) is 95.6 Å². The van der Waals surface area contributed by atoms with E-state index < -0.39 is 0 Å². The number of rotatable bonds is 6. The Morgan fingerprint density at radius 3 is 2.75 bits per heavy atom. The van der Waals surface area contributed by atoms with Crippen LogP contribution >= 0.6 is 24.2 Å². The number of hydrogen-bond acceptors (Lipinski definition) is 7. The van der Waals surface area contributed by atoms with Crippen LogP contribution in [0.25, 0.3) is 5.69 Å². The standard InChI is InChI=1S/C14H15FN6OS.ClH/c1-9-17-13(22-20-9)8-23-14-19-18-12(6-7-16)21(14)11-5-3-2-4-10(11)15;/h2-5H,6-8,16H2,1H3;1H. The number of nitrogens with zero attached hydrogens (tertiary/aromatic N) is 5. The summed E-state index contributed by atoms with van der Waals surface area (Å²) >= 11 is 1.35. The van der Waals surface area contributed by atoms with Crippen molar-refractivity contribution in [3.63, 3.8) is 0 Å². The highest BCUT2D eigenvalue weighted by molar-refractivity contribution is 7.98. The number of hydrogen-bond donors (Lipinski definition) is 1. The molecule has 128 valence electrons. The second kappa shape index (κ2) is 8.22. The van der Waals surface area contributed by atoms with E-state index in [-0.39, 0.29) is 18.2 Å². The smallest absolute Gasteiger partial charge is 0.237 e. The molecule has 0 atom stereocenters. The van der Waals surface area contributed by atoms with E-state index in [9.17, 15) is 4.39 Å². The quantitative estimate of drug-likeness (QED) is 0.665. The van der Waals surface area contributed by atoms with Gasteiger partial charge in [0.05, 0.1) is 11.4 Å². The number of aromatic nitrogens is 5. The Kier molecular flexibility index (Phi) is 6.29. The van der Waals surface area contributed by atoms with Crippen LogP contribution < -0.4 is 5.73 Å². The third kappa shape index (κ3) is 3.92. The van der Waals surface area contributed by atoms with E-state index in [1.165, 1.54) is 17.8 Å². The molecule has 2 N–H and O–H groups in total. The SMILES string of the molecule is Cc1noc(CSc2nnc(CCN)n2-c2ccccc2F)n1.Cl. The summed E-state index contributed by atoms with van der Waals surface area (Å²) < 4.78 is 20.9. The molecule has 7 nitrogen and oxygen atoms in total. The molecular weight excluding hydrogens is 355 g/mol. The first-order valence-electron chi connectivity index (χ1n) is 7.00. The van der Waals surface area contributed by atoms with Crippen LogP contribution in [-0.4, -0.2) is 31.4 Å². The summed E-state index contributed by atoms with van der Waals surface area (Å²) in [4.78, 5) is 4.14. The average Bonchev–Trinajstić information content (AvgIpc) is 3.13. The van der Waals surface area contributed by atoms with E-state index >= 15 is 0 Å². The zero-order valence-electron chi connectivity index (χ0n) is 12.8. The van der Waals surface area contributed by atoms with Gasteiger partial charge in [0.25, 0.3) is 0 Å². The second-order valence-corrected chi connectivity index (χ2v) is 5.69. The van der Waals surface area contributed by atoms with E-state index in [1.54, 1.807) is 29.7 Å². The molecule has 0 fully saturated rings. The molecule has 3 aromatic rings. The molecule has 3 rings (SSSR count). The molecule has 0 aliphatic carbocycles. The summed E-state index contributed by atoms with van der Waals surface area (Å²) in [5.74, 6) is 1.74. The summed E-state index contributed by atoms with van der Waals surface area (Å²) in [7, 11) is 0. The van der Waals surface area contributed by atoms with Crippen molar-refractivity contribution >= 4 is 24.2 Å². The van der Waals surface area contributed by atoms with Crippen LogP contribution in [0.2, 0.25) is 0 Å². The summed E-state index contributed by atoms with van der Waals surface area (Å²) in [5.41, 5.74) is 6.00. The fraction of sp³-hybridized carbons (Fsp3) is 0.286. The Morgan fingerprint density at radius 2 is 2.08 bits per heavy atom. The maximum Gasteiger partial charge on any atom is 0.237 e. The molecule has 0 bridgehead atoms. The lowest BCUT2D eigenvalue weighted by Gasteiger charge is -2.10. The zero-order chi connectivity index (χ0) is 16.2. The molecule has 0 unspecified atom stereocenters. The van der Waals surface area contributed by atoms with Crippen molar-refractivity contribution in [2.24, 2.45) is 5.73 Å². The van der Waals surface area contributed by atoms with Gasteiger partial charge < -0.3 is 10.3 Å². The van der Waals surface area contributed by atoms with Gasteiger partial charge >= 0.3 is 0 Å². The highest BCUT2D eigenvalue weighted by Crippen LogP contribution is 2.26. The van der Waals surface area contributed by atoms with E-state index in [0.29, 0.717) is 47.1 Å². The lowest BCUT2D eigenvalue weighted by molar-refractivity contribution is 0.387. The number of para-hydroxylation sites is 1. The van der Waals surface area contributed by atoms with Crippen molar-refractivity contribution in [3.05, 3.63) is 47.6 Å². The van der Waals surface area contributed by atoms with Gasteiger partial charge in [-0.1, -0.05) is 29.1 Å². The van der Waals surface area contributed by atoms with Crippen molar-refractivity contribution in [3.8, 4) is 5.69 Å². The van der Waals surface area contributed by atoms with Gasteiger partial charge in [-0.3, -0.25) is 4.57 Å². The molecule has 0 amide bonds. The monoisotopic (exact) mass is 370 g/mol. The summed E-state index contributed by atoms with van der Waals surface area (Å²) in [6.07, 6.45) is 0.502. The molecule has 2 heterocycles. The van der Waals surface area contributed by atoms with Gasteiger partial charge in [0.1, 0.15) is 11.6 Å². The summed E-state index contributed by atoms with van der Waals surface area (Å²) in [5, 5.41) is 12.5. The van der Waals surface area contributed by atoms with Crippen molar-refractivity contribution in [1.29, 1.82) is 0 Å². The molecule has 0 spiro atoms. The molecule has 24 heavy (non-hydrogen) atoms. The van der Waals surface area contributed by atoms with E-state index in [2.05, 4.69) is 20.3 Å². The van der Waals surface area contributed by atoms with E-state index in [4.69, 9.17) is 10.3 Å².